The molecule has 0 saturated heterocycles. The van der Waals surface area contributed by atoms with E-state index in [9.17, 15) is 4.79 Å². The van der Waals surface area contributed by atoms with E-state index in [4.69, 9.17) is 5.73 Å². The summed E-state index contributed by atoms with van der Waals surface area (Å²) in [5.74, 6) is 0.918. The van der Waals surface area contributed by atoms with Crippen molar-refractivity contribution in [1.29, 1.82) is 0 Å². The molecule has 3 nitrogen and oxygen atoms in total. The number of nitrogens with two attached hydrogens (primary N) is 1. The molecule has 0 aliphatic rings. The summed E-state index contributed by atoms with van der Waals surface area (Å²) in [5, 5.41) is 2.85. The zero-order valence-corrected chi connectivity index (χ0v) is 8.26. The van der Waals surface area contributed by atoms with Crippen LogP contribution < -0.4 is 11.1 Å². The number of hydrogen-bond donors (Lipinski definition) is 2. The van der Waals surface area contributed by atoms with E-state index in [1.807, 2.05) is 6.92 Å². The van der Waals surface area contributed by atoms with Gasteiger partial charge >= 0.3 is 0 Å². The highest BCUT2D eigenvalue weighted by atomic mass is 16.1. The first-order valence-electron chi connectivity index (χ1n) is 4.53. The average molecular weight is 172 g/mol. The highest BCUT2D eigenvalue weighted by Gasteiger charge is 2.06. The smallest absolute Gasteiger partial charge is 0.220 e. The van der Waals surface area contributed by atoms with E-state index in [2.05, 4.69) is 19.2 Å². The maximum absolute atomic E-state index is 11.2. The van der Waals surface area contributed by atoms with E-state index < -0.39 is 0 Å². The Morgan fingerprint density at radius 1 is 1.42 bits per heavy atom. The first kappa shape index (κ1) is 11.4. The van der Waals surface area contributed by atoms with Gasteiger partial charge in [0.1, 0.15) is 0 Å². The van der Waals surface area contributed by atoms with Crippen LogP contribution in [0.4, 0.5) is 0 Å². The van der Waals surface area contributed by atoms with Gasteiger partial charge in [-0.1, -0.05) is 20.8 Å². The molecule has 0 saturated carbocycles. The predicted molar refractivity (Wildman–Crippen MR) is 50.7 cm³/mol. The van der Waals surface area contributed by atoms with Crippen LogP contribution in [0.25, 0.3) is 0 Å². The number of amides is 1. The van der Waals surface area contributed by atoms with E-state index in [-0.39, 0.29) is 11.8 Å². The molecular weight excluding hydrogens is 152 g/mol. The van der Waals surface area contributed by atoms with Crippen molar-refractivity contribution in [2.45, 2.75) is 27.2 Å². The molecule has 0 aliphatic heterocycles. The highest BCUT2D eigenvalue weighted by molar-refractivity contribution is 5.76. The van der Waals surface area contributed by atoms with Crippen LogP contribution in [0.1, 0.15) is 27.2 Å². The van der Waals surface area contributed by atoms with Crippen LogP contribution in [0.2, 0.25) is 0 Å². The number of carbonyl (C=O) groups excluding carboxylic acids is 1. The number of carbonyl (C=O) groups is 1. The summed E-state index contributed by atoms with van der Waals surface area (Å²) in [6.07, 6.45) is 0.545. The fourth-order valence-corrected chi connectivity index (χ4v) is 0.790. The number of rotatable bonds is 5. The normalized spacial score (nSPS) is 13.1. The van der Waals surface area contributed by atoms with E-state index in [0.29, 0.717) is 18.9 Å². The zero-order chi connectivity index (χ0) is 9.56. The van der Waals surface area contributed by atoms with Crippen molar-refractivity contribution in [3.05, 3.63) is 0 Å². The van der Waals surface area contributed by atoms with Gasteiger partial charge in [0.15, 0.2) is 0 Å². The summed E-state index contributed by atoms with van der Waals surface area (Å²) in [5.41, 5.74) is 5.40. The zero-order valence-electron chi connectivity index (χ0n) is 8.26. The third-order valence-corrected chi connectivity index (χ3v) is 1.64. The molecular formula is C9H20N2O. The summed E-state index contributed by atoms with van der Waals surface area (Å²) in [6.45, 7) is 7.47. The van der Waals surface area contributed by atoms with Gasteiger partial charge in [0.25, 0.3) is 0 Å². The van der Waals surface area contributed by atoms with Crippen molar-refractivity contribution in [3.8, 4) is 0 Å². The van der Waals surface area contributed by atoms with Crippen LogP contribution in [0.15, 0.2) is 0 Å². The lowest BCUT2D eigenvalue weighted by Gasteiger charge is -2.10. The molecule has 0 fully saturated rings. The Labute approximate surface area is 74.7 Å². The molecule has 0 aliphatic carbocycles. The third kappa shape index (κ3) is 6.16. The molecule has 3 heteroatoms. The molecule has 12 heavy (non-hydrogen) atoms. The predicted octanol–water partition coefficient (Wildman–Crippen LogP) is 0.743. The topological polar surface area (TPSA) is 55.1 Å². The molecule has 0 rings (SSSR count). The molecule has 0 bridgehead atoms. The summed E-state index contributed by atoms with van der Waals surface area (Å²) in [4.78, 5) is 11.2. The van der Waals surface area contributed by atoms with Crippen LogP contribution in [0.5, 0.6) is 0 Å². The minimum atomic E-state index is 0.113. The largest absolute Gasteiger partial charge is 0.356 e. The molecule has 0 aromatic rings. The van der Waals surface area contributed by atoms with Gasteiger partial charge in [-0.2, -0.15) is 0 Å². The van der Waals surface area contributed by atoms with Gasteiger partial charge in [-0.15, -0.1) is 0 Å². The Kier molecular flexibility index (Phi) is 5.72. The Morgan fingerprint density at radius 2 is 2.00 bits per heavy atom. The van der Waals surface area contributed by atoms with Gasteiger partial charge in [-0.05, 0) is 18.4 Å². The van der Waals surface area contributed by atoms with Crippen molar-refractivity contribution in [3.63, 3.8) is 0 Å². The first-order valence-corrected chi connectivity index (χ1v) is 4.53. The quantitative estimate of drug-likeness (QED) is 0.642. The first-order chi connectivity index (χ1) is 5.56. The second-order valence-electron chi connectivity index (χ2n) is 3.74. The Morgan fingerprint density at radius 3 is 2.42 bits per heavy atom. The van der Waals surface area contributed by atoms with E-state index in [1.165, 1.54) is 0 Å². The summed E-state index contributed by atoms with van der Waals surface area (Å²) in [7, 11) is 0. The van der Waals surface area contributed by atoms with Gasteiger partial charge in [-0.3, -0.25) is 4.79 Å². The van der Waals surface area contributed by atoms with Crippen molar-refractivity contribution in [2.24, 2.45) is 17.6 Å². The number of nitrogens with one attached hydrogen (secondary N) is 1. The van der Waals surface area contributed by atoms with Crippen molar-refractivity contribution >= 4 is 5.91 Å². The van der Waals surface area contributed by atoms with E-state index >= 15 is 0 Å². The lowest BCUT2D eigenvalue weighted by molar-refractivity contribution is -0.121. The van der Waals surface area contributed by atoms with Crippen LogP contribution in [-0.2, 0) is 4.79 Å². The SMILES string of the molecule is CC(C)CNC(=O)CC(C)CN. The second kappa shape index (κ2) is 6.00. The molecule has 0 aromatic heterocycles. The summed E-state index contributed by atoms with van der Waals surface area (Å²) >= 11 is 0. The highest BCUT2D eigenvalue weighted by Crippen LogP contribution is 1.98. The van der Waals surface area contributed by atoms with Crippen LogP contribution in [-0.4, -0.2) is 19.0 Å². The van der Waals surface area contributed by atoms with Gasteiger partial charge in [0.2, 0.25) is 5.91 Å². The molecule has 72 valence electrons. The molecule has 0 radical (unpaired) electrons. The lowest BCUT2D eigenvalue weighted by Crippen LogP contribution is -2.29. The third-order valence-electron chi connectivity index (χ3n) is 1.64. The fraction of sp³-hybridized carbons (Fsp3) is 0.889. The minimum Gasteiger partial charge on any atom is -0.356 e. The Bertz CT molecular complexity index is 134. The molecule has 1 atom stereocenters. The molecule has 1 unspecified atom stereocenters. The number of hydrogen-bond acceptors (Lipinski definition) is 2. The van der Waals surface area contributed by atoms with Crippen molar-refractivity contribution in [2.75, 3.05) is 13.1 Å². The minimum absolute atomic E-state index is 0.113. The monoisotopic (exact) mass is 172 g/mol. The second-order valence-corrected chi connectivity index (χ2v) is 3.74. The average Bonchev–Trinajstić information content (AvgIpc) is 2.00. The van der Waals surface area contributed by atoms with Crippen molar-refractivity contribution < 1.29 is 4.79 Å². The van der Waals surface area contributed by atoms with Crippen LogP contribution in [0.3, 0.4) is 0 Å². The molecule has 0 spiro atoms. The molecule has 0 aromatic carbocycles. The maximum Gasteiger partial charge on any atom is 0.220 e. The van der Waals surface area contributed by atoms with Gasteiger partial charge in [0, 0.05) is 13.0 Å². The Balaban J connectivity index is 3.46. The fourth-order valence-electron chi connectivity index (χ4n) is 0.790. The maximum atomic E-state index is 11.2. The van der Waals surface area contributed by atoms with Crippen LogP contribution >= 0.6 is 0 Å². The van der Waals surface area contributed by atoms with E-state index in [1.54, 1.807) is 0 Å². The van der Waals surface area contributed by atoms with Crippen molar-refractivity contribution in [1.82, 2.24) is 5.32 Å². The van der Waals surface area contributed by atoms with Gasteiger partial charge in [-0.25, -0.2) is 0 Å². The summed E-state index contributed by atoms with van der Waals surface area (Å²) in [6, 6.07) is 0. The molecule has 1 amide bonds. The molecule has 0 heterocycles. The Hall–Kier alpha value is -0.570. The molecule has 3 N–H and O–H groups in total. The standard InChI is InChI=1S/C9H20N2O/c1-7(2)6-11-9(12)4-8(3)5-10/h7-8H,4-6,10H2,1-3H3,(H,11,12). The summed E-state index contributed by atoms with van der Waals surface area (Å²) < 4.78 is 0. The van der Waals surface area contributed by atoms with Crippen LogP contribution in [0, 0.1) is 11.8 Å². The van der Waals surface area contributed by atoms with Gasteiger partial charge < -0.3 is 11.1 Å². The lowest BCUT2D eigenvalue weighted by atomic mass is 10.1. The van der Waals surface area contributed by atoms with E-state index in [0.717, 1.165) is 6.54 Å². The van der Waals surface area contributed by atoms with Gasteiger partial charge in [0.05, 0.1) is 0 Å².